The van der Waals surface area contributed by atoms with Gasteiger partial charge in [0.2, 0.25) is 11.7 Å². The van der Waals surface area contributed by atoms with E-state index >= 15 is 0 Å². The van der Waals surface area contributed by atoms with Crippen LogP contribution in [0.5, 0.6) is 0 Å². The summed E-state index contributed by atoms with van der Waals surface area (Å²) in [6.45, 7) is 1.92. The molecule has 1 aromatic rings. The highest BCUT2D eigenvalue weighted by atomic mass is 19.3. The predicted octanol–water partition coefficient (Wildman–Crippen LogP) is 3.62. The molecular weight excluding hydrogens is 256 g/mol. The van der Waals surface area contributed by atoms with Gasteiger partial charge in [0.15, 0.2) is 5.89 Å². The fraction of sp³-hybridized carbons (Fsp3) is 0.692. The minimum absolute atomic E-state index is 0.144. The number of alkyl halides is 2. The first kappa shape index (κ1) is 14.0. The highest BCUT2D eigenvalue weighted by Crippen LogP contribution is 2.40. The van der Waals surface area contributed by atoms with Crippen LogP contribution in [0.15, 0.2) is 4.42 Å². The molecule has 0 aliphatic heterocycles. The summed E-state index contributed by atoms with van der Waals surface area (Å²) in [5, 5.41) is 9.03. The van der Waals surface area contributed by atoms with Gasteiger partial charge in [-0.15, -0.1) is 0 Å². The second-order valence-corrected chi connectivity index (χ2v) is 5.01. The number of hydrogen-bond donors (Lipinski definition) is 1. The number of carboxylic acids is 1. The topological polar surface area (TPSA) is 63.3 Å². The summed E-state index contributed by atoms with van der Waals surface area (Å²) >= 11 is 0. The molecule has 1 saturated carbocycles. The molecule has 19 heavy (non-hydrogen) atoms. The summed E-state index contributed by atoms with van der Waals surface area (Å²) in [7, 11) is 0. The van der Waals surface area contributed by atoms with E-state index in [9.17, 15) is 13.6 Å². The van der Waals surface area contributed by atoms with E-state index in [1.54, 1.807) is 0 Å². The molecule has 106 valence electrons. The Labute approximate surface area is 109 Å². The van der Waals surface area contributed by atoms with Crippen molar-refractivity contribution in [3.63, 3.8) is 0 Å². The maximum Gasteiger partial charge on any atom is 0.373 e. The van der Waals surface area contributed by atoms with E-state index in [0.717, 1.165) is 6.42 Å². The molecule has 0 aromatic carbocycles. The quantitative estimate of drug-likeness (QED) is 0.910. The van der Waals surface area contributed by atoms with Crippen LogP contribution in [0, 0.1) is 0 Å². The number of carboxylic acid groups (broad SMARTS) is 1. The molecule has 1 fully saturated rings. The molecule has 0 spiro atoms. The smallest absolute Gasteiger partial charge is 0.373 e. The number of aromatic carboxylic acids is 1. The van der Waals surface area contributed by atoms with Gasteiger partial charge in [-0.05, 0) is 19.3 Å². The van der Waals surface area contributed by atoms with Gasteiger partial charge in [0, 0.05) is 18.8 Å². The lowest BCUT2D eigenvalue weighted by Gasteiger charge is -2.26. The third-order valence-corrected chi connectivity index (χ3v) is 3.46. The van der Waals surface area contributed by atoms with E-state index in [0.29, 0.717) is 18.0 Å². The lowest BCUT2D eigenvalue weighted by atomic mass is 9.87. The van der Waals surface area contributed by atoms with Crippen LogP contribution in [0.3, 0.4) is 0 Å². The van der Waals surface area contributed by atoms with Gasteiger partial charge in [0.25, 0.3) is 0 Å². The Morgan fingerprint density at radius 3 is 2.63 bits per heavy atom. The molecule has 6 heteroatoms. The van der Waals surface area contributed by atoms with Crippen molar-refractivity contribution in [1.82, 2.24) is 4.98 Å². The van der Waals surface area contributed by atoms with Crippen LogP contribution in [0.4, 0.5) is 8.78 Å². The first-order valence-electron chi connectivity index (χ1n) is 6.53. The minimum atomic E-state index is -2.61. The van der Waals surface area contributed by atoms with Crippen molar-refractivity contribution in [2.45, 2.75) is 57.3 Å². The highest BCUT2D eigenvalue weighted by molar-refractivity contribution is 5.85. The van der Waals surface area contributed by atoms with Crippen molar-refractivity contribution in [2.75, 3.05) is 0 Å². The van der Waals surface area contributed by atoms with Crippen LogP contribution in [-0.2, 0) is 6.42 Å². The molecule has 0 radical (unpaired) electrons. The lowest BCUT2D eigenvalue weighted by molar-refractivity contribution is -0.0399. The van der Waals surface area contributed by atoms with Gasteiger partial charge in [-0.1, -0.05) is 13.3 Å². The molecule has 0 amide bonds. The minimum Gasteiger partial charge on any atom is -0.475 e. The summed E-state index contributed by atoms with van der Waals surface area (Å²) in [6, 6.07) is 0. The number of carbonyl (C=O) groups is 1. The van der Waals surface area contributed by atoms with Crippen LogP contribution in [0.25, 0.3) is 0 Å². The molecule has 2 rings (SSSR count). The number of halogens is 2. The van der Waals surface area contributed by atoms with Crippen LogP contribution >= 0.6 is 0 Å². The highest BCUT2D eigenvalue weighted by Gasteiger charge is 2.37. The van der Waals surface area contributed by atoms with E-state index in [4.69, 9.17) is 9.52 Å². The Kier molecular flexibility index (Phi) is 3.87. The molecule has 4 nitrogen and oxygen atoms in total. The third-order valence-electron chi connectivity index (χ3n) is 3.46. The van der Waals surface area contributed by atoms with Gasteiger partial charge >= 0.3 is 5.97 Å². The molecule has 1 aromatic heterocycles. The van der Waals surface area contributed by atoms with Crippen molar-refractivity contribution < 1.29 is 23.1 Å². The number of hydrogen-bond acceptors (Lipinski definition) is 3. The molecule has 1 aliphatic carbocycles. The SMILES string of the molecule is CCCc1nc(C2CCC(F)(F)CC2)oc1C(=O)O. The molecular formula is C13H17F2NO3. The summed E-state index contributed by atoms with van der Waals surface area (Å²) < 4.78 is 31.4. The Balaban J connectivity index is 2.17. The summed E-state index contributed by atoms with van der Waals surface area (Å²) in [5.74, 6) is -3.79. The van der Waals surface area contributed by atoms with Gasteiger partial charge in [0.05, 0.1) is 5.69 Å². The maximum absolute atomic E-state index is 13.1. The van der Waals surface area contributed by atoms with Gasteiger partial charge < -0.3 is 9.52 Å². The van der Waals surface area contributed by atoms with Crippen LogP contribution in [0.1, 0.15) is 67.1 Å². The van der Waals surface area contributed by atoms with Gasteiger partial charge in [-0.3, -0.25) is 0 Å². The summed E-state index contributed by atoms with van der Waals surface area (Å²) in [4.78, 5) is 15.2. The molecule has 0 bridgehead atoms. The third kappa shape index (κ3) is 3.11. The number of nitrogens with zero attached hydrogens (tertiary/aromatic N) is 1. The molecule has 0 unspecified atom stereocenters. The van der Waals surface area contributed by atoms with Crippen LogP contribution in [0.2, 0.25) is 0 Å². The molecule has 0 atom stereocenters. The van der Waals surface area contributed by atoms with Gasteiger partial charge in [0.1, 0.15) is 0 Å². The van der Waals surface area contributed by atoms with E-state index in [1.165, 1.54) is 0 Å². The van der Waals surface area contributed by atoms with Crippen molar-refractivity contribution in [1.29, 1.82) is 0 Å². The largest absolute Gasteiger partial charge is 0.475 e. The molecule has 1 heterocycles. The average Bonchev–Trinajstić information content (AvgIpc) is 2.73. The Bertz CT molecular complexity index is 460. The van der Waals surface area contributed by atoms with E-state index in [-0.39, 0.29) is 37.4 Å². The van der Waals surface area contributed by atoms with Crippen molar-refractivity contribution in [3.8, 4) is 0 Å². The van der Waals surface area contributed by atoms with Crippen LogP contribution < -0.4 is 0 Å². The van der Waals surface area contributed by atoms with Crippen molar-refractivity contribution >= 4 is 5.97 Å². The van der Waals surface area contributed by atoms with E-state index < -0.39 is 11.9 Å². The fourth-order valence-electron chi connectivity index (χ4n) is 2.41. The number of rotatable bonds is 4. The zero-order valence-electron chi connectivity index (χ0n) is 10.8. The zero-order valence-corrected chi connectivity index (χ0v) is 10.8. The summed E-state index contributed by atoms with van der Waals surface area (Å²) in [5.41, 5.74) is 0.419. The predicted molar refractivity (Wildman–Crippen MR) is 63.6 cm³/mol. The number of aryl methyl sites for hydroxylation is 1. The maximum atomic E-state index is 13.1. The number of oxazole rings is 1. The normalized spacial score (nSPS) is 19.5. The molecule has 0 saturated heterocycles. The molecule has 1 N–H and O–H groups in total. The molecule has 1 aliphatic rings. The first-order valence-corrected chi connectivity index (χ1v) is 6.53. The summed E-state index contributed by atoms with van der Waals surface area (Å²) in [6.07, 6.45) is 1.48. The van der Waals surface area contributed by atoms with Crippen molar-refractivity contribution in [3.05, 3.63) is 17.3 Å². The Morgan fingerprint density at radius 2 is 2.11 bits per heavy atom. The lowest BCUT2D eigenvalue weighted by Crippen LogP contribution is -2.23. The van der Waals surface area contributed by atoms with E-state index in [2.05, 4.69) is 4.98 Å². The second-order valence-electron chi connectivity index (χ2n) is 5.01. The van der Waals surface area contributed by atoms with E-state index in [1.807, 2.05) is 6.92 Å². The van der Waals surface area contributed by atoms with Gasteiger partial charge in [-0.2, -0.15) is 0 Å². The zero-order chi connectivity index (χ0) is 14.0. The monoisotopic (exact) mass is 273 g/mol. The van der Waals surface area contributed by atoms with Crippen LogP contribution in [-0.4, -0.2) is 22.0 Å². The second kappa shape index (κ2) is 5.27. The fourth-order valence-corrected chi connectivity index (χ4v) is 2.41. The Hall–Kier alpha value is -1.46. The van der Waals surface area contributed by atoms with Gasteiger partial charge in [-0.25, -0.2) is 18.6 Å². The number of aromatic nitrogens is 1. The first-order chi connectivity index (χ1) is 8.93. The standard InChI is InChI=1S/C13H17F2NO3/c1-2-3-9-10(12(17)18)19-11(16-9)8-4-6-13(14,15)7-5-8/h8H,2-7H2,1H3,(H,17,18). The average molecular weight is 273 g/mol. The Morgan fingerprint density at radius 1 is 1.47 bits per heavy atom. The van der Waals surface area contributed by atoms with Crippen molar-refractivity contribution in [2.24, 2.45) is 0 Å².